The van der Waals surface area contributed by atoms with Crippen molar-refractivity contribution in [3.63, 3.8) is 0 Å². The monoisotopic (exact) mass is 445 g/mol. The van der Waals surface area contributed by atoms with Crippen LogP contribution in [-0.2, 0) is 9.53 Å². The number of aliphatic carboxylic acids is 1. The number of carbonyl (C=O) groups is 1. The number of carboxylic acids is 1. The number of carboxylic acid groups (broad SMARTS) is 1. The zero-order valence-electron chi connectivity index (χ0n) is 17.5. The van der Waals surface area contributed by atoms with E-state index in [-0.39, 0.29) is 6.42 Å². The highest BCUT2D eigenvalue weighted by Crippen LogP contribution is 2.34. The first-order chi connectivity index (χ1) is 15.7. The number of thiazole rings is 1. The molecule has 2 aromatic carbocycles. The minimum atomic E-state index is -0.818. The van der Waals surface area contributed by atoms with E-state index in [1.807, 2.05) is 42.5 Å². The topological polar surface area (TPSA) is 75.5 Å². The Hall–Kier alpha value is -3.29. The van der Waals surface area contributed by atoms with Gasteiger partial charge in [0, 0.05) is 30.5 Å². The Morgan fingerprint density at radius 3 is 2.56 bits per heavy atom. The molecular weight excluding hydrogens is 422 g/mol. The molecule has 7 heteroatoms. The van der Waals surface area contributed by atoms with Crippen LogP contribution in [-0.4, -0.2) is 47.3 Å². The second-order valence-corrected chi connectivity index (χ2v) is 8.77. The lowest BCUT2D eigenvalue weighted by Crippen LogP contribution is -2.37. The summed E-state index contributed by atoms with van der Waals surface area (Å²) in [7, 11) is 0. The van der Waals surface area contributed by atoms with E-state index in [1.165, 1.54) is 0 Å². The first-order valence-electron chi connectivity index (χ1n) is 10.7. The Morgan fingerprint density at radius 2 is 1.78 bits per heavy atom. The number of fused-ring (bicyclic) bond motifs is 2. The quantitative estimate of drug-likeness (QED) is 0.446. The molecule has 1 N–H and O–H groups in total. The molecule has 0 amide bonds. The first-order valence-corrected chi connectivity index (χ1v) is 11.5. The van der Waals surface area contributed by atoms with Gasteiger partial charge < -0.3 is 14.7 Å². The van der Waals surface area contributed by atoms with E-state index in [4.69, 9.17) is 14.7 Å². The van der Waals surface area contributed by atoms with Gasteiger partial charge in [-0.3, -0.25) is 4.79 Å². The zero-order valence-corrected chi connectivity index (χ0v) is 18.3. The number of nitrogens with zero attached hydrogens (tertiary/aromatic N) is 3. The minimum absolute atomic E-state index is 0.0512. The molecule has 2 aromatic heterocycles. The highest BCUT2D eigenvalue weighted by atomic mass is 32.1. The predicted octanol–water partition coefficient (Wildman–Crippen LogP) is 5.09. The van der Waals surface area contributed by atoms with Gasteiger partial charge in [-0.1, -0.05) is 30.3 Å². The molecule has 3 heterocycles. The van der Waals surface area contributed by atoms with E-state index in [1.54, 1.807) is 11.3 Å². The standard InChI is InChI=1S/C25H23N3O3S/c29-23(30)10-9-18(25-27-21-7-3-4-8-22(21)32-25)16-19-15-17-5-1-2-6-20(17)26-24(19)28-11-13-31-14-12-28/h1-8,15-16H,9-14H2,(H,29,30). The van der Waals surface area contributed by atoms with E-state index < -0.39 is 5.97 Å². The number of allylic oxidation sites excluding steroid dienone is 1. The highest BCUT2D eigenvalue weighted by molar-refractivity contribution is 7.19. The van der Waals surface area contributed by atoms with Crippen molar-refractivity contribution in [1.82, 2.24) is 9.97 Å². The molecule has 0 saturated carbocycles. The number of aromatic nitrogens is 2. The Balaban J connectivity index is 1.65. The number of hydrogen-bond acceptors (Lipinski definition) is 6. The second kappa shape index (κ2) is 9.06. The van der Waals surface area contributed by atoms with Crippen molar-refractivity contribution in [3.05, 3.63) is 65.2 Å². The van der Waals surface area contributed by atoms with Gasteiger partial charge in [0.05, 0.1) is 28.9 Å². The van der Waals surface area contributed by atoms with Gasteiger partial charge in [-0.25, -0.2) is 9.97 Å². The normalized spacial score (nSPS) is 14.9. The predicted molar refractivity (Wildman–Crippen MR) is 129 cm³/mol. The Kier molecular flexibility index (Phi) is 5.83. The molecule has 32 heavy (non-hydrogen) atoms. The lowest BCUT2D eigenvalue weighted by atomic mass is 10.0. The van der Waals surface area contributed by atoms with Crippen molar-refractivity contribution in [2.75, 3.05) is 31.2 Å². The Morgan fingerprint density at radius 1 is 1.03 bits per heavy atom. The molecule has 0 atom stereocenters. The van der Waals surface area contributed by atoms with Crippen molar-refractivity contribution in [3.8, 4) is 0 Å². The third kappa shape index (κ3) is 4.35. The molecule has 0 aliphatic carbocycles. The number of anilines is 1. The maximum atomic E-state index is 11.4. The summed E-state index contributed by atoms with van der Waals surface area (Å²) in [6.45, 7) is 2.89. The SMILES string of the molecule is O=C(O)CCC(=Cc1cc2ccccc2nc1N1CCOCC1)c1nc2ccccc2s1. The summed E-state index contributed by atoms with van der Waals surface area (Å²) in [5.41, 5.74) is 3.77. The number of pyridine rings is 1. The van der Waals surface area contributed by atoms with Gasteiger partial charge in [0.2, 0.25) is 0 Å². The molecule has 1 aliphatic heterocycles. The lowest BCUT2D eigenvalue weighted by molar-refractivity contribution is -0.136. The smallest absolute Gasteiger partial charge is 0.303 e. The van der Waals surface area contributed by atoms with Crippen LogP contribution in [0.1, 0.15) is 23.4 Å². The molecule has 0 radical (unpaired) electrons. The fourth-order valence-electron chi connectivity index (χ4n) is 3.94. The summed E-state index contributed by atoms with van der Waals surface area (Å²) in [6.07, 6.45) is 2.53. The zero-order chi connectivity index (χ0) is 21.9. The van der Waals surface area contributed by atoms with Crippen molar-refractivity contribution in [1.29, 1.82) is 0 Å². The Bertz CT molecular complexity index is 1280. The number of benzene rings is 2. The molecule has 162 valence electrons. The van der Waals surface area contributed by atoms with Crippen LogP contribution >= 0.6 is 11.3 Å². The molecule has 1 aliphatic rings. The summed E-state index contributed by atoms with van der Waals surface area (Å²) in [5.74, 6) is 0.0861. The van der Waals surface area contributed by atoms with Crippen LogP contribution in [0.25, 0.3) is 32.8 Å². The largest absolute Gasteiger partial charge is 0.481 e. The van der Waals surface area contributed by atoms with E-state index in [0.29, 0.717) is 19.6 Å². The molecule has 1 fully saturated rings. The maximum Gasteiger partial charge on any atom is 0.303 e. The number of para-hydroxylation sites is 2. The number of morpholine rings is 1. The van der Waals surface area contributed by atoms with E-state index in [0.717, 1.165) is 56.2 Å². The number of rotatable bonds is 6. The highest BCUT2D eigenvalue weighted by Gasteiger charge is 2.18. The van der Waals surface area contributed by atoms with Crippen LogP contribution in [0, 0.1) is 0 Å². The van der Waals surface area contributed by atoms with Crippen molar-refractivity contribution >= 4 is 55.9 Å². The van der Waals surface area contributed by atoms with Gasteiger partial charge in [0.1, 0.15) is 10.8 Å². The van der Waals surface area contributed by atoms with Crippen LogP contribution in [0.15, 0.2) is 54.6 Å². The molecule has 6 nitrogen and oxygen atoms in total. The third-order valence-electron chi connectivity index (χ3n) is 5.55. The molecular formula is C25H23N3O3S. The van der Waals surface area contributed by atoms with Gasteiger partial charge in [0.25, 0.3) is 0 Å². The third-order valence-corrected chi connectivity index (χ3v) is 6.66. The number of hydrogen-bond donors (Lipinski definition) is 1. The lowest BCUT2D eigenvalue weighted by Gasteiger charge is -2.29. The molecule has 5 rings (SSSR count). The molecule has 4 aromatic rings. The molecule has 0 spiro atoms. The van der Waals surface area contributed by atoms with E-state index in [2.05, 4.69) is 23.1 Å². The fourth-order valence-corrected chi connectivity index (χ4v) is 4.95. The fraction of sp³-hybridized carbons (Fsp3) is 0.240. The molecule has 0 unspecified atom stereocenters. The van der Waals surface area contributed by atoms with Crippen molar-refractivity contribution in [2.24, 2.45) is 0 Å². The number of ether oxygens (including phenoxy) is 1. The van der Waals surface area contributed by atoms with Gasteiger partial charge in [-0.05, 0) is 42.3 Å². The van der Waals surface area contributed by atoms with Gasteiger partial charge in [-0.2, -0.15) is 0 Å². The average molecular weight is 446 g/mol. The summed E-state index contributed by atoms with van der Waals surface area (Å²) in [4.78, 5) is 23.4. The van der Waals surface area contributed by atoms with Gasteiger partial charge in [-0.15, -0.1) is 11.3 Å². The second-order valence-electron chi connectivity index (χ2n) is 7.74. The molecule has 1 saturated heterocycles. The average Bonchev–Trinajstić information content (AvgIpc) is 3.26. The van der Waals surface area contributed by atoms with Gasteiger partial charge >= 0.3 is 5.97 Å². The van der Waals surface area contributed by atoms with Gasteiger partial charge in [0.15, 0.2) is 0 Å². The van der Waals surface area contributed by atoms with Crippen LogP contribution < -0.4 is 4.90 Å². The maximum absolute atomic E-state index is 11.4. The summed E-state index contributed by atoms with van der Waals surface area (Å²) in [5, 5.41) is 11.2. The van der Waals surface area contributed by atoms with Crippen LogP contribution in [0.3, 0.4) is 0 Å². The first kappa shape index (κ1) is 20.6. The van der Waals surface area contributed by atoms with Crippen LogP contribution in [0.5, 0.6) is 0 Å². The molecule has 0 bridgehead atoms. The minimum Gasteiger partial charge on any atom is -0.481 e. The summed E-state index contributed by atoms with van der Waals surface area (Å²) >= 11 is 1.60. The summed E-state index contributed by atoms with van der Waals surface area (Å²) < 4.78 is 6.63. The van der Waals surface area contributed by atoms with E-state index >= 15 is 0 Å². The van der Waals surface area contributed by atoms with Crippen molar-refractivity contribution < 1.29 is 14.6 Å². The Labute approximate surface area is 189 Å². The van der Waals surface area contributed by atoms with E-state index in [9.17, 15) is 9.90 Å². The van der Waals surface area contributed by atoms with Crippen LogP contribution in [0.2, 0.25) is 0 Å². The van der Waals surface area contributed by atoms with Crippen molar-refractivity contribution in [2.45, 2.75) is 12.8 Å². The summed E-state index contributed by atoms with van der Waals surface area (Å²) in [6, 6.07) is 18.2. The van der Waals surface area contributed by atoms with Crippen LogP contribution in [0.4, 0.5) is 5.82 Å².